The van der Waals surface area contributed by atoms with E-state index in [4.69, 9.17) is 14.2 Å². The molecule has 7 nitrogen and oxygen atoms in total. The van der Waals surface area contributed by atoms with Gasteiger partial charge in [-0.05, 0) is 36.4 Å². The van der Waals surface area contributed by atoms with E-state index >= 15 is 0 Å². The minimum atomic E-state index is -0.302. The van der Waals surface area contributed by atoms with Crippen molar-refractivity contribution < 1.29 is 19.0 Å². The van der Waals surface area contributed by atoms with Gasteiger partial charge in [-0.2, -0.15) is 0 Å². The number of fused-ring (bicyclic) bond motifs is 1. The smallest absolute Gasteiger partial charge is 0.322 e. The molecule has 0 aliphatic carbocycles. The zero-order chi connectivity index (χ0) is 21.1. The van der Waals surface area contributed by atoms with Gasteiger partial charge in [0.2, 0.25) is 0 Å². The SMILES string of the molecule is COc1ccc([C@H]2c3cccn3CCN2C(=O)Nc2ccccc2OC)c(OC)c1. The summed E-state index contributed by atoms with van der Waals surface area (Å²) < 4.78 is 18.5. The van der Waals surface area contributed by atoms with Crippen molar-refractivity contribution in [1.82, 2.24) is 9.47 Å². The molecule has 0 radical (unpaired) electrons. The lowest BCUT2D eigenvalue weighted by atomic mass is 9.99. The number of methoxy groups -OCH3 is 3. The average molecular weight is 407 g/mol. The van der Waals surface area contributed by atoms with Gasteiger partial charge in [-0.3, -0.25) is 0 Å². The van der Waals surface area contributed by atoms with Crippen LogP contribution in [0, 0.1) is 0 Å². The lowest BCUT2D eigenvalue weighted by molar-refractivity contribution is 0.180. The van der Waals surface area contributed by atoms with Gasteiger partial charge in [0, 0.05) is 36.6 Å². The third kappa shape index (κ3) is 3.54. The first-order valence-corrected chi connectivity index (χ1v) is 9.74. The molecule has 0 spiro atoms. The minimum Gasteiger partial charge on any atom is -0.497 e. The van der Waals surface area contributed by atoms with Crippen molar-refractivity contribution in [3.05, 3.63) is 72.1 Å². The van der Waals surface area contributed by atoms with Crippen LogP contribution in [0.25, 0.3) is 0 Å². The molecule has 1 atom stereocenters. The Morgan fingerprint density at radius 3 is 2.50 bits per heavy atom. The fourth-order valence-electron chi connectivity index (χ4n) is 3.91. The number of urea groups is 1. The van der Waals surface area contributed by atoms with Crippen molar-refractivity contribution in [1.29, 1.82) is 0 Å². The number of carbonyl (C=O) groups excluding carboxylic acids is 1. The number of aromatic nitrogens is 1. The topological polar surface area (TPSA) is 65.0 Å². The lowest BCUT2D eigenvalue weighted by Gasteiger charge is -2.37. The fourth-order valence-corrected chi connectivity index (χ4v) is 3.91. The summed E-state index contributed by atoms with van der Waals surface area (Å²) in [6.07, 6.45) is 2.04. The summed E-state index contributed by atoms with van der Waals surface area (Å²) >= 11 is 0. The highest BCUT2D eigenvalue weighted by Gasteiger charge is 2.34. The molecule has 0 fully saturated rings. The quantitative estimate of drug-likeness (QED) is 0.690. The molecule has 4 rings (SSSR count). The van der Waals surface area contributed by atoms with E-state index in [-0.39, 0.29) is 12.1 Å². The molecule has 1 aliphatic heterocycles. The Hall–Kier alpha value is -3.61. The van der Waals surface area contributed by atoms with Gasteiger partial charge in [0.05, 0.1) is 27.0 Å². The summed E-state index contributed by atoms with van der Waals surface area (Å²) in [5.74, 6) is 1.99. The number of carbonyl (C=O) groups is 1. The van der Waals surface area contributed by atoms with Crippen LogP contribution in [0.5, 0.6) is 17.2 Å². The van der Waals surface area contributed by atoms with Crippen LogP contribution in [0.1, 0.15) is 17.3 Å². The Morgan fingerprint density at radius 2 is 1.73 bits per heavy atom. The number of benzene rings is 2. The Morgan fingerprint density at radius 1 is 0.933 bits per heavy atom. The molecule has 0 bridgehead atoms. The largest absolute Gasteiger partial charge is 0.497 e. The maximum absolute atomic E-state index is 13.4. The zero-order valence-electron chi connectivity index (χ0n) is 17.3. The van der Waals surface area contributed by atoms with Crippen LogP contribution < -0.4 is 19.5 Å². The van der Waals surface area contributed by atoms with Gasteiger partial charge in [0.1, 0.15) is 23.3 Å². The van der Waals surface area contributed by atoms with Crippen molar-refractivity contribution in [2.24, 2.45) is 0 Å². The van der Waals surface area contributed by atoms with E-state index < -0.39 is 0 Å². The monoisotopic (exact) mass is 407 g/mol. The fraction of sp³-hybridized carbons (Fsp3) is 0.261. The molecule has 0 unspecified atom stereocenters. The van der Waals surface area contributed by atoms with Gasteiger partial charge in [-0.1, -0.05) is 12.1 Å². The van der Waals surface area contributed by atoms with Gasteiger partial charge in [0.15, 0.2) is 0 Å². The summed E-state index contributed by atoms with van der Waals surface area (Å²) in [5, 5.41) is 3.00. The van der Waals surface area contributed by atoms with Gasteiger partial charge in [-0.15, -0.1) is 0 Å². The second-order valence-electron chi connectivity index (χ2n) is 6.96. The molecule has 2 heterocycles. The summed E-state index contributed by atoms with van der Waals surface area (Å²) in [6, 6.07) is 16.6. The van der Waals surface area contributed by atoms with Crippen LogP contribution >= 0.6 is 0 Å². The predicted octanol–water partition coefficient (Wildman–Crippen LogP) is 4.15. The molecule has 2 aromatic carbocycles. The number of rotatable bonds is 5. The van der Waals surface area contributed by atoms with Crippen molar-refractivity contribution >= 4 is 11.7 Å². The Labute approximate surface area is 175 Å². The summed E-state index contributed by atoms with van der Waals surface area (Å²) in [4.78, 5) is 15.2. The van der Waals surface area contributed by atoms with Crippen molar-refractivity contribution in [3.63, 3.8) is 0 Å². The summed E-state index contributed by atoms with van der Waals surface area (Å²) in [7, 11) is 4.83. The molecule has 30 heavy (non-hydrogen) atoms. The Balaban J connectivity index is 1.73. The highest BCUT2D eigenvalue weighted by Crippen LogP contribution is 2.39. The van der Waals surface area contributed by atoms with E-state index in [9.17, 15) is 4.79 Å². The van der Waals surface area contributed by atoms with E-state index in [1.165, 1.54) is 0 Å². The van der Waals surface area contributed by atoms with Gasteiger partial charge >= 0.3 is 6.03 Å². The molecule has 1 aliphatic rings. The van der Waals surface area contributed by atoms with Crippen LogP contribution in [0.2, 0.25) is 0 Å². The first-order chi connectivity index (χ1) is 14.7. The van der Waals surface area contributed by atoms with Crippen molar-refractivity contribution in [2.75, 3.05) is 33.2 Å². The number of para-hydroxylation sites is 2. The number of anilines is 1. The zero-order valence-corrected chi connectivity index (χ0v) is 17.3. The molecule has 1 N–H and O–H groups in total. The van der Waals surface area contributed by atoms with Crippen LogP contribution in [0.15, 0.2) is 60.8 Å². The van der Waals surface area contributed by atoms with Crippen LogP contribution in [-0.4, -0.2) is 43.4 Å². The van der Waals surface area contributed by atoms with E-state index in [1.54, 1.807) is 21.3 Å². The van der Waals surface area contributed by atoms with Gasteiger partial charge < -0.3 is 29.0 Å². The normalized spacial score (nSPS) is 15.3. The van der Waals surface area contributed by atoms with Gasteiger partial charge in [0.25, 0.3) is 0 Å². The van der Waals surface area contributed by atoms with Crippen LogP contribution in [0.4, 0.5) is 10.5 Å². The molecule has 0 saturated carbocycles. The van der Waals surface area contributed by atoms with E-state index in [1.807, 2.05) is 65.7 Å². The van der Waals surface area contributed by atoms with Crippen molar-refractivity contribution in [2.45, 2.75) is 12.6 Å². The molecule has 1 aromatic heterocycles. The van der Waals surface area contributed by atoms with Crippen LogP contribution in [-0.2, 0) is 6.54 Å². The standard InChI is InChI=1S/C23H25N3O4/c1-28-16-10-11-17(21(15-16)30-3)22-19-8-6-12-25(19)13-14-26(22)23(27)24-18-7-4-5-9-20(18)29-2/h4-12,15,22H,13-14H2,1-3H3,(H,24,27)/t22-/m0/s1. The van der Waals surface area contributed by atoms with Gasteiger partial charge in [-0.25, -0.2) is 4.79 Å². The number of hydrogen-bond donors (Lipinski definition) is 1. The molecule has 2 amide bonds. The number of amides is 2. The molecular formula is C23H25N3O4. The predicted molar refractivity (Wildman–Crippen MR) is 115 cm³/mol. The second-order valence-corrected chi connectivity index (χ2v) is 6.96. The first-order valence-electron chi connectivity index (χ1n) is 9.74. The van der Waals surface area contributed by atoms with Crippen LogP contribution in [0.3, 0.4) is 0 Å². The highest BCUT2D eigenvalue weighted by molar-refractivity contribution is 5.91. The molecule has 156 valence electrons. The maximum atomic E-state index is 13.4. The number of ether oxygens (including phenoxy) is 3. The second kappa shape index (κ2) is 8.41. The third-order valence-electron chi connectivity index (χ3n) is 5.38. The number of hydrogen-bond acceptors (Lipinski definition) is 4. The maximum Gasteiger partial charge on any atom is 0.322 e. The first kappa shape index (κ1) is 19.7. The molecular weight excluding hydrogens is 382 g/mol. The minimum absolute atomic E-state index is 0.199. The number of nitrogens with zero attached hydrogens (tertiary/aromatic N) is 2. The van der Waals surface area contributed by atoms with E-state index in [0.717, 1.165) is 17.8 Å². The summed E-state index contributed by atoms with van der Waals surface area (Å²) in [5.41, 5.74) is 2.56. The Kier molecular flexibility index (Phi) is 5.52. The average Bonchev–Trinajstić information content (AvgIpc) is 3.27. The highest BCUT2D eigenvalue weighted by atomic mass is 16.5. The number of nitrogens with one attached hydrogen (secondary N) is 1. The van der Waals surface area contributed by atoms with E-state index in [2.05, 4.69) is 9.88 Å². The molecule has 0 saturated heterocycles. The van der Waals surface area contributed by atoms with Crippen molar-refractivity contribution in [3.8, 4) is 17.2 Å². The Bertz CT molecular complexity index is 1050. The lowest BCUT2D eigenvalue weighted by Crippen LogP contribution is -2.44. The third-order valence-corrected chi connectivity index (χ3v) is 5.38. The molecule has 3 aromatic rings. The summed E-state index contributed by atoms with van der Waals surface area (Å²) in [6.45, 7) is 1.28. The van der Waals surface area contributed by atoms with E-state index in [0.29, 0.717) is 29.5 Å². The molecule has 7 heteroatoms.